The van der Waals surface area contributed by atoms with Crippen LogP contribution in [0.5, 0.6) is 0 Å². The number of rotatable bonds is 5. The molecule has 0 bridgehead atoms. The van der Waals surface area contributed by atoms with Gasteiger partial charge in [0.2, 0.25) is 5.91 Å². The lowest BCUT2D eigenvalue weighted by Gasteiger charge is -2.45. The molecule has 2 amide bonds. The second-order valence-corrected chi connectivity index (χ2v) is 9.32. The molecule has 154 valence electrons. The lowest BCUT2D eigenvalue weighted by Crippen LogP contribution is -2.59. The van der Waals surface area contributed by atoms with E-state index in [4.69, 9.17) is 4.74 Å². The van der Waals surface area contributed by atoms with Crippen molar-refractivity contribution in [3.05, 3.63) is 22.4 Å². The van der Waals surface area contributed by atoms with E-state index < -0.39 is 6.04 Å². The van der Waals surface area contributed by atoms with Crippen molar-refractivity contribution in [2.24, 2.45) is 5.92 Å². The monoisotopic (exact) mass is 405 g/mol. The normalized spacial score (nSPS) is 30.1. The first kappa shape index (κ1) is 19.9. The van der Waals surface area contributed by atoms with Gasteiger partial charge in [-0.05, 0) is 43.0 Å². The van der Waals surface area contributed by atoms with E-state index in [9.17, 15) is 9.59 Å². The molecule has 2 saturated heterocycles. The van der Waals surface area contributed by atoms with Crippen LogP contribution in [0.4, 0.5) is 0 Å². The minimum Gasteiger partial charge on any atom is -0.379 e. The van der Waals surface area contributed by atoms with Gasteiger partial charge in [0.1, 0.15) is 12.6 Å². The number of amides is 2. The molecule has 1 saturated carbocycles. The van der Waals surface area contributed by atoms with E-state index in [1.807, 2.05) is 27.3 Å². The summed E-state index contributed by atoms with van der Waals surface area (Å²) in [5, 5.41) is 1.99. The highest BCUT2D eigenvalue weighted by Gasteiger charge is 2.43. The van der Waals surface area contributed by atoms with E-state index in [1.165, 1.54) is 0 Å². The molecule has 0 N–H and O–H groups in total. The summed E-state index contributed by atoms with van der Waals surface area (Å²) >= 11 is 1.57. The molecule has 0 aromatic carbocycles. The average molecular weight is 406 g/mol. The number of piperazine rings is 1. The molecule has 0 spiro atoms. The van der Waals surface area contributed by atoms with Gasteiger partial charge in [-0.2, -0.15) is 0 Å². The highest BCUT2D eigenvalue weighted by Crippen LogP contribution is 2.35. The average Bonchev–Trinajstić information content (AvgIpc) is 3.24. The predicted octanol–water partition coefficient (Wildman–Crippen LogP) is 2.37. The van der Waals surface area contributed by atoms with Crippen LogP contribution in [-0.4, -0.2) is 78.5 Å². The number of thiophene rings is 1. The zero-order valence-electron chi connectivity index (χ0n) is 16.7. The minimum atomic E-state index is -0.457. The zero-order chi connectivity index (χ0) is 19.5. The second-order valence-electron chi connectivity index (χ2n) is 8.34. The molecule has 3 aliphatic rings. The molecule has 3 heterocycles. The maximum absolute atomic E-state index is 13.5. The van der Waals surface area contributed by atoms with Gasteiger partial charge in [0.05, 0.1) is 13.2 Å². The number of nitrogens with zero attached hydrogens (tertiary/aromatic N) is 3. The summed E-state index contributed by atoms with van der Waals surface area (Å²) in [5.41, 5.74) is 0. The quantitative estimate of drug-likeness (QED) is 0.755. The molecular formula is C21H31N3O3S. The molecular weight excluding hydrogens is 374 g/mol. The first-order valence-electron chi connectivity index (χ1n) is 10.6. The molecule has 6 nitrogen and oxygen atoms in total. The number of hydrogen-bond donors (Lipinski definition) is 0. The van der Waals surface area contributed by atoms with Crippen molar-refractivity contribution in [1.82, 2.24) is 14.7 Å². The molecule has 0 unspecified atom stereocenters. The molecule has 4 rings (SSSR count). The third-order valence-corrected chi connectivity index (χ3v) is 7.38. The fraction of sp³-hybridized carbons (Fsp3) is 0.714. The van der Waals surface area contributed by atoms with Crippen LogP contribution in [0.1, 0.15) is 43.5 Å². The molecule has 1 atom stereocenters. The Labute approximate surface area is 171 Å². The lowest BCUT2D eigenvalue weighted by atomic mass is 9.86. The van der Waals surface area contributed by atoms with Crippen molar-refractivity contribution in [2.45, 2.75) is 44.7 Å². The van der Waals surface area contributed by atoms with Gasteiger partial charge in [-0.25, -0.2) is 0 Å². The van der Waals surface area contributed by atoms with E-state index in [1.54, 1.807) is 11.3 Å². The Morgan fingerprint density at radius 1 is 1.11 bits per heavy atom. The lowest BCUT2D eigenvalue weighted by molar-refractivity contribution is -0.159. The SMILES string of the molecule is CC1CCC(N2CC(=O)N(CCN3CCOCC3)[C@@H](c3cccs3)C2=O)CC1. The van der Waals surface area contributed by atoms with E-state index in [2.05, 4.69) is 11.8 Å². The summed E-state index contributed by atoms with van der Waals surface area (Å²) in [6.45, 7) is 7.19. The molecule has 2 aliphatic heterocycles. The van der Waals surface area contributed by atoms with Gasteiger partial charge in [-0.15, -0.1) is 11.3 Å². The first-order chi connectivity index (χ1) is 13.6. The zero-order valence-corrected chi connectivity index (χ0v) is 17.5. The highest BCUT2D eigenvalue weighted by atomic mass is 32.1. The van der Waals surface area contributed by atoms with Crippen LogP contribution in [0.2, 0.25) is 0 Å². The van der Waals surface area contributed by atoms with Crippen LogP contribution < -0.4 is 0 Å². The topological polar surface area (TPSA) is 53.1 Å². The predicted molar refractivity (Wildman–Crippen MR) is 109 cm³/mol. The van der Waals surface area contributed by atoms with Gasteiger partial charge < -0.3 is 14.5 Å². The minimum absolute atomic E-state index is 0.0879. The van der Waals surface area contributed by atoms with Crippen LogP contribution in [0.25, 0.3) is 0 Å². The Morgan fingerprint density at radius 2 is 1.86 bits per heavy atom. The number of ether oxygens (including phenoxy) is 1. The maximum Gasteiger partial charge on any atom is 0.251 e. The Bertz CT molecular complexity index is 666. The van der Waals surface area contributed by atoms with Gasteiger partial charge in [0.25, 0.3) is 5.91 Å². The third kappa shape index (κ3) is 4.26. The van der Waals surface area contributed by atoms with Gasteiger partial charge >= 0.3 is 0 Å². The molecule has 7 heteroatoms. The molecule has 1 aromatic heterocycles. The number of carbonyl (C=O) groups excluding carboxylic acids is 2. The Morgan fingerprint density at radius 3 is 2.54 bits per heavy atom. The van der Waals surface area contributed by atoms with Crippen molar-refractivity contribution in [2.75, 3.05) is 45.9 Å². The van der Waals surface area contributed by atoms with Gasteiger partial charge in [-0.1, -0.05) is 13.0 Å². The Balaban J connectivity index is 1.50. The summed E-state index contributed by atoms with van der Waals surface area (Å²) in [6.07, 6.45) is 4.33. The number of morpholine rings is 1. The van der Waals surface area contributed by atoms with Gasteiger partial charge in [-0.3, -0.25) is 14.5 Å². The van der Waals surface area contributed by atoms with Crippen molar-refractivity contribution in [3.63, 3.8) is 0 Å². The van der Waals surface area contributed by atoms with Crippen LogP contribution in [0.3, 0.4) is 0 Å². The Hall–Kier alpha value is -1.44. The van der Waals surface area contributed by atoms with Gasteiger partial charge in [0.15, 0.2) is 0 Å². The van der Waals surface area contributed by atoms with Crippen LogP contribution in [-0.2, 0) is 14.3 Å². The smallest absolute Gasteiger partial charge is 0.251 e. The molecule has 1 aliphatic carbocycles. The van der Waals surface area contributed by atoms with Crippen LogP contribution in [0, 0.1) is 5.92 Å². The third-order valence-electron chi connectivity index (χ3n) is 6.45. The summed E-state index contributed by atoms with van der Waals surface area (Å²) in [5.74, 6) is 0.929. The van der Waals surface area contributed by atoms with Gasteiger partial charge in [0, 0.05) is 37.1 Å². The first-order valence-corrected chi connectivity index (χ1v) is 11.4. The number of carbonyl (C=O) groups is 2. The van der Waals surface area contributed by atoms with Crippen LogP contribution >= 0.6 is 11.3 Å². The van der Waals surface area contributed by atoms with E-state index >= 15 is 0 Å². The largest absolute Gasteiger partial charge is 0.379 e. The Kier molecular flexibility index (Phi) is 6.33. The summed E-state index contributed by atoms with van der Waals surface area (Å²) in [4.78, 5) is 33.7. The molecule has 28 heavy (non-hydrogen) atoms. The van der Waals surface area contributed by atoms with Crippen molar-refractivity contribution in [1.29, 1.82) is 0 Å². The molecule has 3 fully saturated rings. The van der Waals surface area contributed by atoms with E-state index in [0.29, 0.717) is 6.54 Å². The van der Waals surface area contributed by atoms with Crippen molar-refractivity contribution >= 4 is 23.2 Å². The van der Waals surface area contributed by atoms with E-state index in [0.717, 1.165) is 69.3 Å². The second kappa shape index (κ2) is 8.93. The highest BCUT2D eigenvalue weighted by molar-refractivity contribution is 7.10. The van der Waals surface area contributed by atoms with Crippen molar-refractivity contribution in [3.8, 4) is 0 Å². The summed E-state index contributed by atoms with van der Waals surface area (Å²) < 4.78 is 5.42. The molecule has 1 aromatic rings. The maximum atomic E-state index is 13.5. The fourth-order valence-electron chi connectivity index (χ4n) is 4.66. The standard InChI is InChI=1S/C21H31N3O3S/c1-16-4-6-17(7-5-16)24-15-19(25)23(9-8-22-10-12-27-13-11-22)20(21(24)26)18-3-2-14-28-18/h2-3,14,16-17,20H,4-13,15H2,1H3/t16?,17?,20-/m0/s1. The summed E-state index contributed by atoms with van der Waals surface area (Å²) in [7, 11) is 0. The summed E-state index contributed by atoms with van der Waals surface area (Å²) in [6, 6.07) is 3.73. The number of hydrogen-bond acceptors (Lipinski definition) is 5. The van der Waals surface area contributed by atoms with Crippen LogP contribution in [0.15, 0.2) is 17.5 Å². The fourth-order valence-corrected chi connectivity index (χ4v) is 5.49. The molecule has 0 radical (unpaired) electrons. The van der Waals surface area contributed by atoms with E-state index in [-0.39, 0.29) is 24.4 Å². The van der Waals surface area contributed by atoms with Crippen molar-refractivity contribution < 1.29 is 14.3 Å².